The molecule has 0 atom stereocenters. The molecule has 0 aliphatic carbocycles. The van der Waals surface area contributed by atoms with Crippen molar-refractivity contribution >= 4 is 28.2 Å². The Morgan fingerprint density at radius 3 is 3.12 bits per heavy atom. The van der Waals surface area contributed by atoms with E-state index in [9.17, 15) is 4.79 Å². The standard InChI is InChI=1S/C12H9N3OS/c1-8(16)11-5-10(7-17-11)15-12-9(6-14-15)3-2-4-13-12/h2-7H,1H3. The van der Waals surface area contributed by atoms with Crippen LogP contribution < -0.4 is 0 Å². The molecular formula is C12H9N3OS. The van der Waals surface area contributed by atoms with Crippen LogP contribution in [0.15, 0.2) is 36.0 Å². The van der Waals surface area contributed by atoms with Gasteiger partial charge in [-0.25, -0.2) is 9.67 Å². The van der Waals surface area contributed by atoms with Gasteiger partial charge in [0.15, 0.2) is 11.4 Å². The lowest BCUT2D eigenvalue weighted by molar-refractivity contribution is 0.102. The molecule has 3 aromatic rings. The van der Waals surface area contributed by atoms with Crippen LogP contribution in [0, 0.1) is 0 Å². The summed E-state index contributed by atoms with van der Waals surface area (Å²) in [6.45, 7) is 1.56. The Labute approximate surface area is 102 Å². The quantitative estimate of drug-likeness (QED) is 0.650. The summed E-state index contributed by atoms with van der Waals surface area (Å²) in [5.74, 6) is 0.0747. The largest absolute Gasteiger partial charge is 0.294 e. The summed E-state index contributed by atoms with van der Waals surface area (Å²) in [5.41, 5.74) is 1.69. The van der Waals surface area contributed by atoms with Gasteiger partial charge in [0, 0.05) is 17.0 Å². The number of aromatic nitrogens is 3. The Bertz CT molecular complexity index is 698. The number of carbonyl (C=O) groups is 1. The number of rotatable bonds is 2. The number of ketones is 1. The van der Waals surface area contributed by atoms with Crippen molar-refractivity contribution in [2.45, 2.75) is 6.92 Å². The normalized spacial score (nSPS) is 10.9. The first kappa shape index (κ1) is 10.2. The first-order valence-corrected chi connectivity index (χ1v) is 6.02. The van der Waals surface area contributed by atoms with E-state index in [-0.39, 0.29) is 5.78 Å². The Morgan fingerprint density at radius 1 is 1.47 bits per heavy atom. The van der Waals surface area contributed by atoms with Gasteiger partial charge in [-0.3, -0.25) is 4.79 Å². The molecule has 0 unspecified atom stereocenters. The lowest BCUT2D eigenvalue weighted by Gasteiger charge is -1.97. The molecule has 0 saturated heterocycles. The van der Waals surface area contributed by atoms with Gasteiger partial charge in [0.2, 0.25) is 0 Å². The average Bonchev–Trinajstić information content (AvgIpc) is 2.95. The highest BCUT2D eigenvalue weighted by Gasteiger charge is 2.09. The van der Waals surface area contributed by atoms with E-state index in [0.717, 1.165) is 21.6 Å². The van der Waals surface area contributed by atoms with Crippen molar-refractivity contribution in [2.75, 3.05) is 0 Å². The molecule has 0 fully saturated rings. The monoisotopic (exact) mass is 243 g/mol. The van der Waals surface area contributed by atoms with Crippen LogP contribution in [0.2, 0.25) is 0 Å². The van der Waals surface area contributed by atoms with Gasteiger partial charge in [-0.05, 0) is 25.1 Å². The number of Topliss-reactive ketones (excluding diaryl/α,β-unsaturated/α-hetero) is 1. The van der Waals surface area contributed by atoms with Crippen LogP contribution >= 0.6 is 11.3 Å². The topological polar surface area (TPSA) is 47.8 Å². The third-order valence-corrected chi connectivity index (χ3v) is 3.53. The van der Waals surface area contributed by atoms with Crippen molar-refractivity contribution in [1.29, 1.82) is 0 Å². The average molecular weight is 243 g/mol. The maximum atomic E-state index is 11.3. The molecule has 0 saturated carbocycles. The summed E-state index contributed by atoms with van der Waals surface area (Å²) in [7, 11) is 0. The zero-order valence-corrected chi connectivity index (χ0v) is 9.94. The summed E-state index contributed by atoms with van der Waals surface area (Å²) in [5, 5.41) is 7.19. The molecule has 0 N–H and O–H groups in total. The number of hydrogen-bond acceptors (Lipinski definition) is 4. The second-order valence-corrected chi connectivity index (χ2v) is 4.61. The number of nitrogens with zero attached hydrogens (tertiary/aromatic N) is 3. The third kappa shape index (κ3) is 1.64. The highest BCUT2D eigenvalue weighted by Crippen LogP contribution is 2.21. The lowest BCUT2D eigenvalue weighted by atomic mass is 10.3. The Hall–Kier alpha value is -2.01. The van der Waals surface area contributed by atoms with E-state index >= 15 is 0 Å². The Kier molecular flexibility index (Phi) is 2.26. The minimum Gasteiger partial charge on any atom is -0.294 e. The first-order valence-electron chi connectivity index (χ1n) is 5.14. The zero-order valence-electron chi connectivity index (χ0n) is 9.12. The van der Waals surface area contributed by atoms with Crippen LogP contribution in [-0.2, 0) is 0 Å². The molecule has 17 heavy (non-hydrogen) atoms. The van der Waals surface area contributed by atoms with Gasteiger partial charge in [0.1, 0.15) is 0 Å². The van der Waals surface area contributed by atoms with Crippen molar-refractivity contribution in [3.05, 3.63) is 40.8 Å². The number of carbonyl (C=O) groups excluding carboxylic acids is 1. The van der Waals surface area contributed by atoms with E-state index in [4.69, 9.17) is 0 Å². The molecule has 0 bridgehead atoms. The highest BCUT2D eigenvalue weighted by molar-refractivity contribution is 7.12. The summed E-state index contributed by atoms with van der Waals surface area (Å²) in [6, 6.07) is 5.68. The number of hydrogen-bond donors (Lipinski definition) is 0. The fraction of sp³-hybridized carbons (Fsp3) is 0.0833. The number of thiophene rings is 1. The second-order valence-electron chi connectivity index (χ2n) is 3.70. The van der Waals surface area contributed by atoms with Crippen LogP contribution in [0.4, 0.5) is 0 Å². The lowest BCUT2D eigenvalue weighted by Crippen LogP contribution is -1.95. The molecule has 3 rings (SSSR count). The minimum absolute atomic E-state index is 0.0747. The van der Waals surface area contributed by atoms with Gasteiger partial charge < -0.3 is 0 Å². The van der Waals surface area contributed by atoms with Gasteiger partial charge in [-0.15, -0.1) is 11.3 Å². The number of fused-ring (bicyclic) bond motifs is 1. The summed E-state index contributed by atoms with van der Waals surface area (Å²) in [6.07, 6.45) is 3.51. The van der Waals surface area contributed by atoms with Crippen molar-refractivity contribution in [3.8, 4) is 5.69 Å². The van der Waals surface area contributed by atoms with E-state index in [0.29, 0.717) is 0 Å². The maximum Gasteiger partial charge on any atom is 0.169 e. The predicted molar refractivity (Wildman–Crippen MR) is 66.7 cm³/mol. The number of pyridine rings is 1. The summed E-state index contributed by atoms with van der Waals surface area (Å²) in [4.78, 5) is 16.3. The van der Waals surface area contributed by atoms with E-state index < -0.39 is 0 Å². The van der Waals surface area contributed by atoms with Crippen LogP contribution in [-0.4, -0.2) is 20.5 Å². The third-order valence-electron chi connectivity index (χ3n) is 2.51. The Balaban J connectivity index is 2.17. The zero-order chi connectivity index (χ0) is 11.8. The van der Waals surface area contributed by atoms with Crippen molar-refractivity contribution < 1.29 is 4.79 Å². The molecule has 0 spiro atoms. The van der Waals surface area contributed by atoms with E-state index in [2.05, 4.69) is 10.1 Å². The van der Waals surface area contributed by atoms with Crippen molar-refractivity contribution in [3.63, 3.8) is 0 Å². The van der Waals surface area contributed by atoms with Gasteiger partial charge in [0.05, 0.1) is 16.8 Å². The van der Waals surface area contributed by atoms with Crippen molar-refractivity contribution in [1.82, 2.24) is 14.8 Å². The Morgan fingerprint density at radius 2 is 2.35 bits per heavy atom. The molecule has 0 radical (unpaired) electrons. The van der Waals surface area contributed by atoms with Gasteiger partial charge in [0.25, 0.3) is 0 Å². The molecule has 4 nitrogen and oxygen atoms in total. The smallest absolute Gasteiger partial charge is 0.169 e. The molecule has 0 aliphatic heterocycles. The second kappa shape index (κ2) is 3.78. The van der Waals surface area contributed by atoms with Gasteiger partial charge >= 0.3 is 0 Å². The van der Waals surface area contributed by atoms with E-state index in [1.54, 1.807) is 24.0 Å². The van der Waals surface area contributed by atoms with Crippen LogP contribution in [0.25, 0.3) is 16.7 Å². The summed E-state index contributed by atoms with van der Waals surface area (Å²) >= 11 is 1.43. The van der Waals surface area contributed by atoms with Gasteiger partial charge in [-0.2, -0.15) is 5.10 Å². The van der Waals surface area contributed by atoms with Crippen molar-refractivity contribution in [2.24, 2.45) is 0 Å². The van der Waals surface area contributed by atoms with Crippen LogP contribution in [0.3, 0.4) is 0 Å². The molecule has 0 aromatic carbocycles. The molecule has 3 heterocycles. The fourth-order valence-electron chi connectivity index (χ4n) is 1.67. The minimum atomic E-state index is 0.0747. The molecule has 0 amide bonds. The van der Waals surface area contributed by atoms with E-state index in [1.165, 1.54) is 11.3 Å². The van der Waals surface area contributed by atoms with Gasteiger partial charge in [-0.1, -0.05) is 0 Å². The van der Waals surface area contributed by atoms with Crippen LogP contribution in [0.1, 0.15) is 16.6 Å². The fourth-order valence-corrected chi connectivity index (χ4v) is 2.44. The van der Waals surface area contributed by atoms with E-state index in [1.807, 2.05) is 23.6 Å². The van der Waals surface area contributed by atoms with Crippen LogP contribution in [0.5, 0.6) is 0 Å². The SMILES string of the molecule is CC(=O)c1cc(-n2ncc3cccnc32)cs1. The molecule has 0 aliphatic rings. The first-order chi connectivity index (χ1) is 8.25. The molecule has 5 heteroatoms. The highest BCUT2D eigenvalue weighted by atomic mass is 32.1. The maximum absolute atomic E-state index is 11.3. The molecule has 84 valence electrons. The molecular weight excluding hydrogens is 234 g/mol. The summed E-state index contributed by atoms with van der Waals surface area (Å²) < 4.78 is 1.75. The molecule has 3 aromatic heterocycles. The predicted octanol–water partition coefficient (Wildman–Crippen LogP) is 2.68.